The average molecular weight is 336 g/mol. The van der Waals surface area contributed by atoms with Crippen molar-refractivity contribution in [2.45, 2.75) is 26.7 Å². The average Bonchev–Trinajstić information content (AvgIpc) is 2.97. The minimum atomic E-state index is -0.0771. The van der Waals surface area contributed by atoms with Gasteiger partial charge in [0.15, 0.2) is 11.5 Å². The molecule has 0 spiro atoms. The normalized spacial score (nSPS) is 12.2. The van der Waals surface area contributed by atoms with Gasteiger partial charge in [0.1, 0.15) is 0 Å². The van der Waals surface area contributed by atoms with Crippen LogP contribution in [0.2, 0.25) is 0 Å². The predicted octanol–water partition coefficient (Wildman–Crippen LogP) is 3.82. The molecule has 3 aromatic rings. The fraction of sp³-hybridized carbons (Fsp3) is 0.250. The molecule has 0 saturated carbocycles. The van der Waals surface area contributed by atoms with E-state index < -0.39 is 0 Å². The van der Waals surface area contributed by atoms with Crippen LogP contribution in [-0.2, 0) is 12.8 Å². The third-order valence-electron chi connectivity index (χ3n) is 4.48. The fourth-order valence-electron chi connectivity index (χ4n) is 3.13. The van der Waals surface area contributed by atoms with Crippen LogP contribution >= 0.6 is 0 Å². The van der Waals surface area contributed by atoms with Crippen molar-refractivity contribution < 1.29 is 9.47 Å². The van der Waals surface area contributed by atoms with Gasteiger partial charge in [-0.3, -0.25) is 9.89 Å². The second-order valence-corrected chi connectivity index (χ2v) is 6.04. The predicted molar refractivity (Wildman–Crippen MR) is 96.3 cm³/mol. The largest absolute Gasteiger partial charge is 0.490 e. The number of nitrogens with zero attached hydrogens (tertiary/aromatic N) is 1. The number of ether oxygens (including phenoxy) is 2. The van der Waals surface area contributed by atoms with E-state index in [1.165, 1.54) is 10.2 Å². The number of para-hydroxylation sites is 1. The molecule has 0 fully saturated rings. The summed E-state index contributed by atoms with van der Waals surface area (Å²) in [6, 6.07) is 13.7. The molecule has 2 aromatic carbocycles. The van der Waals surface area contributed by atoms with Gasteiger partial charge < -0.3 is 9.47 Å². The van der Waals surface area contributed by atoms with Crippen LogP contribution in [0.25, 0.3) is 5.69 Å². The van der Waals surface area contributed by atoms with Gasteiger partial charge in [0, 0.05) is 12.0 Å². The number of hydrogen-bond acceptors (Lipinski definition) is 3. The molecule has 5 heteroatoms. The second kappa shape index (κ2) is 6.16. The van der Waals surface area contributed by atoms with E-state index >= 15 is 0 Å². The van der Waals surface area contributed by atoms with Crippen LogP contribution in [0.4, 0.5) is 0 Å². The minimum Gasteiger partial charge on any atom is -0.490 e. The smallest absolute Gasteiger partial charge is 0.278 e. The Labute approximate surface area is 145 Å². The van der Waals surface area contributed by atoms with E-state index in [1.54, 1.807) is 0 Å². The number of aryl methyl sites for hydroxylation is 1. The van der Waals surface area contributed by atoms with E-state index in [-0.39, 0.29) is 5.56 Å². The lowest BCUT2D eigenvalue weighted by Gasteiger charge is -2.18. The molecule has 0 bridgehead atoms. The molecular formula is C20H20N2O3. The van der Waals surface area contributed by atoms with Gasteiger partial charge in [0.25, 0.3) is 5.56 Å². The van der Waals surface area contributed by atoms with Crippen molar-refractivity contribution in [1.82, 2.24) is 9.78 Å². The van der Waals surface area contributed by atoms with Crippen LogP contribution in [0.5, 0.6) is 17.4 Å². The first-order valence-corrected chi connectivity index (χ1v) is 8.57. The number of hydrogen-bond donors (Lipinski definition) is 1. The Kier molecular flexibility index (Phi) is 3.84. The molecule has 25 heavy (non-hydrogen) atoms. The van der Waals surface area contributed by atoms with E-state index in [2.05, 4.69) is 12.0 Å². The van der Waals surface area contributed by atoms with Gasteiger partial charge in [-0.15, -0.1) is 0 Å². The van der Waals surface area contributed by atoms with E-state index in [9.17, 15) is 4.79 Å². The van der Waals surface area contributed by atoms with Gasteiger partial charge in [-0.05, 0) is 37.1 Å². The van der Waals surface area contributed by atoms with E-state index in [4.69, 9.17) is 9.47 Å². The maximum absolute atomic E-state index is 12.8. The van der Waals surface area contributed by atoms with Crippen molar-refractivity contribution in [1.29, 1.82) is 0 Å². The van der Waals surface area contributed by atoms with Crippen molar-refractivity contribution in [3.05, 3.63) is 69.5 Å². The van der Waals surface area contributed by atoms with Gasteiger partial charge in [0.2, 0.25) is 5.88 Å². The molecule has 1 aliphatic rings. The molecule has 0 atom stereocenters. The zero-order chi connectivity index (χ0) is 17.4. The Morgan fingerprint density at radius 1 is 1.16 bits per heavy atom. The Morgan fingerprint density at radius 3 is 2.68 bits per heavy atom. The lowest BCUT2D eigenvalue weighted by Crippen LogP contribution is -2.18. The van der Waals surface area contributed by atoms with Crippen molar-refractivity contribution in [3.8, 4) is 23.1 Å². The standard InChI is InChI=1S/C20H20N2O3/c1-3-13-8-10-15(11-9-13)22-20(23)16-12-14-6-5-7-17(24-4-2)18(14)25-19(16)21-22/h5-11,21H,3-4,12H2,1-2H3. The van der Waals surface area contributed by atoms with E-state index in [1.807, 2.05) is 49.4 Å². The second-order valence-electron chi connectivity index (χ2n) is 6.04. The summed E-state index contributed by atoms with van der Waals surface area (Å²) in [7, 11) is 0. The zero-order valence-corrected chi connectivity index (χ0v) is 14.3. The lowest BCUT2D eigenvalue weighted by atomic mass is 10.0. The first-order valence-electron chi connectivity index (χ1n) is 8.57. The summed E-state index contributed by atoms with van der Waals surface area (Å²) in [5.41, 5.74) is 3.56. The number of H-pyrrole nitrogens is 1. The molecule has 4 rings (SSSR count). The number of benzene rings is 2. The van der Waals surface area contributed by atoms with Crippen molar-refractivity contribution >= 4 is 0 Å². The highest BCUT2D eigenvalue weighted by atomic mass is 16.5. The lowest BCUT2D eigenvalue weighted by molar-refractivity contribution is 0.315. The quantitative estimate of drug-likeness (QED) is 0.616. The van der Waals surface area contributed by atoms with E-state index in [0.717, 1.165) is 17.7 Å². The van der Waals surface area contributed by atoms with Crippen LogP contribution < -0.4 is 15.0 Å². The molecule has 1 aliphatic heterocycles. The highest BCUT2D eigenvalue weighted by Gasteiger charge is 2.26. The van der Waals surface area contributed by atoms with Gasteiger partial charge >= 0.3 is 0 Å². The van der Waals surface area contributed by atoms with Crippen molar-refractivity contribution in [3.63, 3.8) is 0 Å². The molecule has 128 valence electrons. The van der Waals surface area contributed by atoms with Crippen LogP contribution in [-0.4, -0.2) is 16.4 Å². The third-order valence-corrected chi connectivity index (χ3v) is 4.48. The van der Waals surface area contributed by atoms with Crippen molar-refractivity contribution in [2.24, 2.45) is 0 Å². The van der Waals surface area contributed by atoms with Crippen LogP contribution in [0.15, 0.2) is 47.3 Å². The van der Waals surface area contributed by atoms with Crippen LogP contribution in [0.1, 0.15) is 30.5 Å². The van der Waals surface area contributed by atoms with Gasteiger partial charge in [-0.2, -0.15) is 0 Å². The first-order chi connectivity index (χ1) is 12.2. The molecule has 0 unspecified atom stereocenters. The maximum Gasteiger partial charge on any atom is 0.278 e. The van der Waals surface area contributed by atoms with Crippen molar-refractivity contribution in [2.75, 3.05) is 6.61 Å². The maximum atomic E-state index is 12.8. The Balaban J connectivity index is 1.75. The number of aromatic nitrogens is 2. The Morgan fingerprint density at radius 2 is 1.96 bits per heavy atom. The highest BCUT2D eigenvalue weighted by molar-refractivity contribution is 5.54. The number of aromatic amines is 1. The Hall–Kier alpha value is -2.95. The number of rotatable bonds is 4. The summed E-state index contributed by atoms with van der Waals surface area (Å²) >= 11 is 0. The minimum absolute atomic E-state index is 0.0771. The van der Waals surface area contributed by atoms with Gasteiger partial charge in [-0.1, -0.05) is 31.2 Å². The summed E-state index contributed by atoms with van der Waals surface area (Å²) in [5.74, 6) is 1.88. The summed E-state index contributed by atoms with van der Waals surface area (Å²) < 4.78 is 13.2. The Bertz CT molecular complexity index is 968. The fourth-order valence-corrected chi connectivity index (χ4v) is 3.13. The van der Waals surface area contributed by atoms with E-state index in [0.29, 0.717) is 36.0 Å². The SMILES string of the molecule is CCOc1cccc2c1Oc1[nH]n(-c3ccc(CC)cc3)c(=O)c1C2. The molecule has 1 aromatic heterocycles. The summed E-state index contributed by atoms with van der Waals surface area (Å²) in [6.07, 6.45) is 1.50. The van der Waals surface area contributed by atoms with Gasteiger partial charge in [0.05, 0.1) is 17.9 Å². The molecule has 1 N–H and O–H groups in total. The zero-order valence-electron chi connectivity index (χ0n) is 14.3. The molecule has 0 radical (unpaired) electrons. The molecule has 0 aliphatic carbocycles. The number of nitrogens with one attached hydrogen (secondary N) is 1. The molecular weight excluding hydrogens is 316 g/mol. The highest BCUT2D eigenvalue weighted by Crippen LogP contribution is 2.40. The first kappa shape index (κ1) is 15.6. The number of fused-ring (bicyclic) bond motifs is 2. The molecule has 0 amide bonds. The van der Waals surface area contributed by atoms with Gasteiger partial charge in [-0.25, -0.2) is 4.68 Å². The summed E-state index contributed by atoms with van der Waals surface area (Å²) in [5, 5.41) is 3.09. The third kappa shape index (κ3) is 2.61. The summed E-state index contributed by atoms with van der Waals surface area (Å²) in [6.45, 7) is 4.61. The van der Waals surface area contributed by atoms with Crippen LogP contribution in [0, 0.1) is 0 Å². The van der Waals surface area contributed by atoms with Crippen LogP contribution in [0.3, 0.4) is 0 Å². The molecule has 0 saturated heterocycles. The monoisotopic (exact) mass is 336 g/mol. The molecule has 5 nitrogen and oxygen atoms in total. The summed E-state index contributed by atoms with van der Waals surface area (Å²) in [4.78, 5) is 12.8. The molecule has 2 heterocycles. The topological polar surface area (TPSA) is 56.2 Å².